The molecule has 0 bridgehead atoms. The van der Waals surface area contributed by atoms with E-state index in [0.29, 0.717) is 13.2 Å². The molecule has 0 spiro atoms. The summed E-state index contributed by atoms with van der Waals surface area (Å²) >= 11 is 6.89. The van der Waals surface area contributed by atoms with E-state index in [9.17, 15) is 4.79 Å². The number of carbonyl (C=O) groups is 1. The van der Waals surface area contributed by atoms with Gasteiger partial charge in [0, 0.05) is 10.7 Å². The molecule has 0 heterocycles. The fraction of sp³-hybridized carbons (Fsp3) is 0.296. The Labute approximate surface area is 207 Å². The molecule has 3 rings (SSSR count). The van der Waals surface area contributed by atoms with Gasteiger partial charge < -0.3 is 9.47 Å². The molecule has 0 aliphatic heterocycles. The van der Waals surface area contributed by atoms with Gasteiger partial charge in [0.05, 0.1) is 13.2 Å². The van der Waals surface area contributed by atoms with Crippen LogP contribution in [0.5, 0.6) is 11.5 Å². The second-order valence-electron chi connectivity index (χ2n) is 7.44. The first-order chi connectivity index (χ1) is 15.7. The molecule has 0 fully saturated rings. The van der Waals surface area contributed by atoms with Crippen LogP contribution >= 0.6 is 31.9 Å². The topological polar surface area (TPSA) is 35.5 Å². The molecule has 0 saturated carbocycles. The van der Waals surface area contributed by atoms with E-state index in [1.54, 1.807) is 12.2 Å². The van der Waals surface area contributed by atoms with Crippen molar-refractivity contribution < 1.29 is 14.3 Å². The number of ether oxygens (including phenoxy) is 2. The minimum atomic E-state index is 0.00699. The van der Waals surface area contributed by atoms with Crippen LogP contribution in [0.2, 0.25) is 0 Å². The van der Waals surface area contributed by atoms with Crippen LogP contribution in [0.4, 0.5) is 0 Å². The zero-order chi connectivity index (χ0) is 22.6. The zero-order valence-corrected chi connectivity index (χ0v) is 21.2. The highest BCUT2D eigenvalue weighted by molar-refractivity contribution is 9.09. The summed E-state index contributed by atoms with van der Waals surface area (Å²) in [5.41, 5.74) is 4.22. The van der Waals surface area contributed by atoms with Crippen LogP contribution in [0, 0.1) is 0 Å². The highest BCUT2D eigenvalue weighted by Gasteiger charge is 2.12. The quantitative estimate of drug-likeness (QED) is 0.202. The van der Waals surface area contributed by atoms with Crippen LogP contribution in [0.15, 0.2) is 78.4 Å². The summed E-state index contributed by atoms with van der Waals surface area (Å²) < 4.78 is 11.7. The summed E-state index contributed by atoms with van der Waals surface area (Å²) in [4.78, 5) is 11.7. The molecular formula is C27H28Br2O3. The lowest BCUT2D eigenvalue weighted by atomic mass is 9.91. The molecule has 32 heavy (non-hydrogen) atoms. The average molecular weight is 560 g/mol. The Morgan fingerprint density at radius 2 is 1.06 bits per heavy atom. The van der Waals surface area contributed by atoms with Crippen LogP contribution in [0.3, 0.4) is 0 Å². The predicted octanol–water partition coefficient (Wildman–Crippen LogP) is 7.29. The Hall–Kier alpha value is -2.11. The number of alkyl halides is 2. The second kappa shape index (κ2) is 13.4. The first kappa shape index (κ1) is 24.5. The number of ketones is 1. The number of unbranched alkanes of at least 4 members (excludes halogenated alkanes) is 2. The van der Waals surface area contributed by atoms with Gasteiger partial charge in [-0.1, -0.05) is 68.3 Å². The van der Waals surface area contributed by atoms with E-state index in [1.165, 1.54) is 0 Å². The minimum Gasteiger partial charge on any atom is -0.494 e. The fourth-order valence-corrected chi connectivity index (χ4v) is 4.12. The van der Waals surface area contributed by atoms with Gasteiger partial charge >= 0.3 is 0 Å². The normalized spacial score (nSPS) is 12.8. The fourth-order valence-electron chi connectivity index (χ4n) is 3.33. The molecule has 1 aliphatic carbocycles. The number of hydrogen-bond acceptors (Lipinski definition) is 3. The van der Waals surface area contributed by atoms with Crippen LogP contribution in [-0.2, 0) is 4.79 Å². The first-order valence-corrected chi connectivity index (χ1v) is 13.2. The number of allylic oxidation sites excluding steroid dienone is 5. The standard InChI is InChI=1S/C27H28Br2O3/c28-17-1-3-19-31-25-13-7-22(8-14-25)27(21-5-11-24(30)12-6-21)23-9-15-26(16-10-23)32-20-4-2-18-29/h5-16H,1-4,17-20H2. The summed E-state index contributed by atoms with van der Waals surface area (Å²) in [6.07, 6.45) is 11.2. The van der Waals surface area contributed by atoms with Gasteiger partial charge in [0.2, 0.25) is 0 Å². The van der Waals surface area contributed by atoms with Gasteiger partial charge in [-0.05, 0) is 84.4 Å². The molecule has 0 N–H and O–H groups in total. The highest BCUT2D eigenvalue weighted by atomic mass is 79.9. The lowest BCUT2D eigenvalue weighted by Gasteiger charge is -2.15. The van der Waals surface area contributed by atoms with Gasteiger partial charge in [-0.3, -0.25) is 4.79 Å². The monoisotopic (exact) mass is 558 g/mol. The van der Waals surface area contributed by atoms with Gasteiger partial charge in [0.15, 0.2) is 5.78 Å². The molecule has 0 unspecified atom stereocenters. The Kier molecular flexibility index (Phi) is 10.3. The number of halogens is 2. The van der Waals surface area contributed by atoms with Gasteiger partial charge in [0.25, 0.3) is 0 Å². The van der Waals surface area contributed by atoms with E-state index in [2.05, 4.69) is 56.1 Å². The maximum absolute atomic E-state index is 11.7. The number of hydrogen-bond donors (Lipinski definition) is 0. The van der Waals surface area contributed by atoms with Crippen molar-refractivity contribution in [3.8, 4) is 11.5 Å². The van der Waals surface area contributed by atoms with Gasteiger partial charge in [0.1, 0.15) is 11.5 Å². The van der Waals surface area contributed by atoms with Crippen LogP contribution in [0.1, 0.15) is 36.8 Å². The van der Waals surface area contributed by atoms with Crippen molar-refractivity contribution in [3.63, 3.8) is 0 Å². The lowest BCUT2D eigenvalue weighted by Crippen LogP contribution is -2.00. The molecule has 2 aromatic rings. The van der Waals surface area contributed by atoms with E-state index in [1.807, 2.05) is 36.4 Å². The Balaban J connectivity index is 1.81. The average Bonchev–Trinajstić information content (AvgIpc) is 2.83. The van der Waals surface area contributed by atoms with E-state index < -0.39 is 0 Å². The first-order valence-electron chi connectivity index (χ1n) is 10.9. The van der Waals surface area contributed by atoms with Crippen LogP contribution < -0.4 is 9.47 Å². The summed E-state index contributed by atoms with van der Waals surface area (Å²) in [7, 11) is 0. The number of benzene rings is 2. The number of carbonyl (C=O) groups excluding carboxylic acids is 1. The Morgan fingerprint density at radius 3 is 1.47 bits per heavy atom. The van der Waals surface area contributed by atoms with Crippen molar-refractivity contribution in [1.82, 2.24) is 0 Å². The molecule has 0 radical (unpaired) electrons. The zero-order valence-electron chi connectivity index (χ0n) is 18.1. The maximum Gasteiger partial charge on any atom is 0.178 e. The van der Waals surface area contributed by atoms with Crippen molar-refractivity contribution in [2.75, 3.05) is 23.9 Å². The van der Waals surface area contributed by atoms with Crippen molar-refractivity contribution in [2.45, 2.75) is 25.7 Å². The van der Waals surface area contributed by atoms with Crippen LogP contribution in [-0.4, -0.2) is 29.7 Å². The third-order valence-electron chi connectivity index (χ3n) is 5.02. The molecule has 0 saturated heterocycles. The van der Waals surface area contributed by atoms with Crippen molar-refractivity contribution in [1.29, 1.82) is 0 Å². The van der Waals surface area contributed by atoms with Crippen molar-refractivity contribution in [3.05, 3.63) is 89.5 Å². The highest BCUT2D eigenvalue weighted by Crippen LogP contribution is 2.31. The SMILES string of the molecule is O=C1C=CC(=C(c2ccc(OCCCCBr)cc2)c2ccc(OCCCCBr)cc2)C=C1. The Bertz CT molecular complexity index is 882. The summed E-state index contributed by atoms with van der Waals surface area (Å²) in [6, 6.07) is 16.3. The molecule has 3 nitrogen and oxygen atoms in total. The van der Waals surface area contributed by atoms with Gasteiger partial charge in [-0.15, -0.1) is 0 Å². The largest absolute Gasteiger partial charge is 0.494 e. The lowest BCUT2D eigenvalue weighted by molar-refractivity contribution is -0.110. The summed E-state index contributed by atoms with van der Waals surface area (Å²) in [5, 5.41) is 1.99. The van der Waals surface area contributed by atoms with E-state index in [4.69, 9.17) is 9.47 Å². The molecule has 168 valence electrons. The third-order valence-corrected chi connectivity index (χ3v) is 6.14. The predicted molar refractivity (Wildman–Crippen MR) is 139 cm³/mol. The van der Waals surface area contributed by atoms with E-state index in [0.717, 1.165) is 70.1 Å². The molecule has 1 aliphatic rings. The Morgan fingerprint density at radius 1 is 0.625 bits per heavy atom. The van der Waals surface area contributed by atoms with E-state index >= 15 is 0 Å². The van der Waals surface area contributed by atoms with Crippen molar-refractivity contribution >= 4 is 43.2 Å². The maximum atomic E-state index is 11.7. The molecular weight excluding hydrogens is 532 g/mol. The second-order valence-corrected chi connectivity index (χ2v) is 9.02. The minimum absolute atomic E-state index is 0.00699. The molecule has 0 aromatic heterocycles. The molecule has 5 heteroatoms. The smallest absolute Gasteiger partial charge is 0.178 e. The summed E-state index contributed by atoms with van der Waals surface area (Å²) in [6.45, 7) is 1.42. The molecule has 0 atom stereocenters. The van der Waals surface area contributed by atoms with E-state index in [-0.39, 0.29) is 5.78 Å². The van der Waals surface area contributed by atoms with Gasteiger partial charge in [-0.25, -0.2) is 0 Å². The number of rotatable bonds is 12. The van der Waals surface area contributed by atoms with Crippen LogP contribution in [0.25, 0.3) is 5.57 Å². The third kappa shape index (κ3) is 7.49. The molecule has 2 aromatic carbocycles. The molecule has 0 amide bonds. The van der Waals surface area contributed by atoms with Gasteiger partial charge in [-0.2, -0.15) is 0 Å². The summed E-state index contributed by atoms with van der Waals surface area (Å²) in [5.74, 6) is 1.74. The van der Waals surface area contributed by atoms with Crippen molar-refractivity contribution in [2.24, 2.45) is 0 Å².